The van der Waals surface area contributed by atoms with Gasteiger partial charge in [-0.3, -0.25) is 4.79 Å². The predicted molar refractivity (Wildman–Crippen MR) is 55.5 cm³/mol. The lowest BCUT2D eigenvalue weighted by molar-refractivity contribution is -0.111. The maximum Gasteiger partial charge on any atom is 0.267 e. The molecule has 0 N–H and O–H groups in total. The van der Waals surface area contributed by atoms with Crippen molar-refractivity contribution < 1.29 is 13.8 Å². The Morgan fingerprint density at radius 2 is 1.69 bits per heavy atom. The first-order valence-electron chi connectivity index (χ1n) is 3.60. The molecule has 0 heterocycles. The Morgan fingerprint density at radius 3 is 1.92 bits per heavy atom. The lowest BCUT2D eigenvalue weighted by atomic mass is 10.9. The Hall–Kier alpha value is 0.890. The van der Waals surface area contributed by atoms with E-state index in [-0.39, 0.29) is 0 Å². The monoisotopic (exact) mass is 266 g/mol. The van der Waals surface area contributed by atoms with Gasteiger partial charge in [0.25, 0.3) is 9.32 Å². The molecular weight excluding hydrogens is 257 g/mol. The van der Waals surface area contributed by atoms with Crippen LogP contribution in [0.2, 0.25) is 0 Å². The van der Waals surface area contributed by atoms with E-state index in [1.807, 2.05) is 0 Å². The average Bonchev–Trinajstić information content (AvgIpc) is 2.03. The van der Waals surface area contributed by atoms with Crippen LogP contribution in [0.3, 0.4) is 0 Å². The van der Waals surface area contributed by atoms with Gasteiger partial charge in [-0.25, -0.2) is 0 Å². The molecule has 0 amide bonds. The van der Waals surface area contributed by atoms with Gasteiger partial charge in [0, 0.05) is 0 Å². The fourth-order valence-corrected chi connectivity index (χ4v) is 2.31. The molecule has 0 atom stereocenters. The van der Waals surface area contributed by atoms with Crippen LogP contribution in [0.1, 0.15) is 13.8 Å². The first-order valence-corrected chi connectivity index (χ1v) is 5.91. The van der Waals surface area contributed by atoms with E-state index in [1.165, 1.54) is 0 Å². The lowest BCUT2D eigenvalue weighted by Gasteiger charge is -2.24. The van der Waals surface area contributed by atoms with Crippen LogP contribution in [0, 0.1) is 0 Å². The molecule has 3 nitrogen and oxygen atoms in total. The number of alkyl halides is 2. The number of carbonyl (C=O) groups excluding carboxylic acids is 1. The summed E-state index contributed by atoms with van der Waals surface area (Å²) in [6, 6.07) is 0. The third-order valence-corrected chi connectivity index (χ3v) is 4.39. The Kier molecular flexibility index (Phi) is 6.83. The Morgan fingerprint density at radius 1 is 1.31 bits per heavy atom. The first kappa shape index (κ1) is 13.9. The van der Waals surface area contributed by atoms with Crippen molar-refractivity contribution in [3.63, 3.8) is 0 Å². The largest absolute Gasteiger partial charge is 0.332 e. The van der Waals surface area contributed by atoms with Crippen LogP contribution in [-0.4, -0.2) is 22.5 Å². The lowest BCUT2D eigenvalue weighted by Crippen LogP contribution is -2.21. The van der Waals surface area contributed by atoms with Crippen LogP contribution in [0.4, 0.5) is 0 Å². The smallest absolute Gasteiger partial charge is 0.267 e. The Labute approximate surface area is 93.5 Å². The summed E-state index contributed by atoms with van der Waals surface area (Å²) in [6.45, 7) is 4.21. The molecule has 0 aliphatic heterocycles. The van der Waals surface area contributed by atoms with Gasteiger partial charge in [0.05, 0.1) is 13.2 Å². The van der Waals surface area contributed by atoms with Gasteiger partial charge in [-0.1, -0.05) is 23.2 Å². The Balaban J connectivity index is 4.41. The van der Waals surface area contributed by atoms with Crippen molar-refractivity contribution in [1.29, 1.82) is 0 Å². The molecule has 0 bridgehead atoms. The van der Waals surface area contributed by atoms with Crippen LogP contribution in [0.25, 0.3) is 0 Å². The molecule has 0 saturated heterocycles. The molecule has 0 fully saturated rings. The van der Waals surface area contributed by atoms with Crippen LogP contribution >= 0.6 is 43.2 Å². The van der Waals surface area contributed by atoms with Gasteiger partial charge in [-0.2, -0.15) is 0 Å². The molecule has 0 rings (SSSR count). The van der Waals surface area contributed by atoms with E-state index in [2.05, 4.69) is 0 Å². The van der Waals surface area contributed by atoms with Gasteiger partial charge in [0.15, 0.2) is 0 Å². The van der Waals surface area contributed by atoms with E-state index >= 15 is 0 Å². The fraction of sp³-hybridized carbons (Fsp3) is 0.833. The molecular formula is C6H10Cl3O3P. The summed E-state index contributed by atoms with van der Waals surface area (Å²) in [7, 11) is -1.69. The molecule has 0 radical (unpaired) electrons. The first-order chi connectivity index (χ1) is 5.96. The summed E-state index contributed by atoms with van der Waals surface area (Å²) in [4.78, 5) is 10.8. The molecule has 13 heavy (non-hydrogen) atoms. The van der Waals surface area contributed by atoms with Gasteiger partial charge < -0.3 is 9.05 Å². The zero-order chi connectivity index (χ0) is 10.5. The topological polar surface area (TPSA) is 35.5 Å². The van der Waals surface area contributed by atoms with Gasteiger partial charge in [-0.05, 0) is 25.4 Å². The summed E-state index contributed by atoms with van der Waals surface area (Å²) in [5, 5.41) is -0.885. The molecule has 0 spiro atoms. The maximum absolute atomic E-state index is 10.8. The van der Waals surface area contributed by atoms with E-state index in [9.17, 15) is 4.79 Å². The van der Waals surface area contributed by atoms with Crippen molar-refractivity contribution in [3.8, 4) is 0 Å². The zero-order valence-corrected chi connectivity index (χ0v) is 10.4. The second-order valence-corrected chi connectivity index (χ2v) is 5.81. The molecule has 0 aromatic rings. The summed E-state index contributed by atoms with van der Waals surface area (Å²) in [6.07, 6.45) is 0. The van der Waals surface area contributed by atoms with E-state index in [0.29, 0.717) is 13.2 Å². The summed E-state index contributed by atoms with van der Waals surface area (Å²) in [5.41, 5.74) is 0. The SMILES string of the molecule is CCOP(OCC)C(Cl)(Cl)C(=O)Cl. The van der Waals surface area contributed by atoms with Gasteiger partial charge in [0.1, 0.15) is 0 Å². The van der Waals surface area contributed by atoms with Crippen molar-refractivity contribution >= 4 is 48.4 Å². The van der Waals surface area contributed by atoms with Crippen LogP contribution in [-0.2, 0) is 13.8 Å². The van der Waals surface area contributed by atoms with Crippen molar-refractivity contribution in [2.75, 3.05) is 13.2 Å². The number of hydrogen-bond donors (Lipinski definition) is 0. The highest BCUT2D eigenvalue weighted by atomic mass is 35.5. The van der Waals surface area contributed by atoms with E-state index in [4.69, 9.17) is 43.9 Å². The number of hydrogen-bond acceptors (Lipinski definition) is 3. The molecule has 7 heteroatoms. The molecule has 78 valence electrons. The highest BCUT2D eigenvalue weighted by Gasteiger charge is 2.44. The van der Waals surface area contributed by atoms with E-state index < -0.39 is 17.7 Å². The third kappa shape index (κ3) is 4.28. The molecule has 0 saturated carbocycles. The number of carbonyl (C=O) groups is 1. The second-order valence-electron chi connectivity index (χ2n) is 1.91. The predicted octanol–water partition coefficient (Wildman–Crippen LogP) is 3.27. The second kappa shape index (κ2) is 6.39. The maximum atomic E-state index is 10.8. The highest BCUT2D eigenvalue weighted by molar-refractivity contribution is 7.56. The van der Waals surface area contributed by atoms with E-state index in [1.54, 1.807) is 13.8 Å². The van der Waals surface area contributed by atoms with Crippen molar-refractivity contribution in [3.05, 3.63) is 0 Å². The summed E-state index contributed by atoms with van der Waals surface area (Å²) < 4.78 is 8.38. The van der Waals surface area contributed by atoms with Crippen LogP contribution in [0.5, 0.6) is 0 Å². The normalized spacial score (nSPS) is 12.2. The minimum Gasteiger partial charge on any atom is -0.332 e. The van der Waals surface area contributed by atoms with Gasteiger partial charge in [0.2, 0.25) is 8.38 Å². The van der Waals surface area contributed by atoms with Gasteiger partial charge >= 0.3 is 0 Å². The zero-order valence-electron chi connectivity index (χ0n) is 7.22. The minimum atomic E-state index is -1.79. The van der Waals surface area contributed by atoms with Crippen molar-refractivity contribution in [2.24, 2.45) is 0 Å². The minimum absolute atomic E-state index is 0.358. The van der Waals surface area contributed by atoms with Crippen molar-refractivity contribution in [2.45, 2.75) is 17.9 Å². The van der Waals surface area contributed by atoms with E-state index in [0.717, 1.165) is 0 Å². The standard InChI is InChI=1S/C6H10Cl3O3P/c1-3-11-13(12-4-2)6(8,9)5(7)10/h3-4H2,1-2H3. The average molecular weight is 267 g/mol. The van der Waals surface area contributed by atoms with Gasteiger partial charge in [-0.15, -0.1) is 0 Å². The van der Waals surface area contributed by atoms with Crippen molar-refractivity contribution in [1.82, 2.24) is 0 Å². The fourth-order valence-electron chi connectivity index (χ4n) is 0.506. The summed E-state index contributed by atoms with van der Waals surface area (Å²) in [5.74, 6) is 0. The van der Waals surface area contributed by atoms with Crippen LogP contribution < -0.4 is 0 Å². The number of halogens is 3. The quantitative estimate of drug-likeness (QED) is 0.421. The highest BCUT2D eigenvalue weighted by Crippen LogP contribution is 2.57. The van der Waals surface area contributed by atoms with Crippen LogP contribution in [0.15, 0.2) is 0 Å². The molecule has 0 aliphatic rings. The number of rotatable bonds is 6. The Bertz CT molecular complexity index is 171. The molecule has 0 unspecified atom stereocenters. The summed E-state index contributed by atoms with van der Waals surface area (Å²) >= 11 is 16.5. The molecule has 0 aliphatic carbocycles. The molecule has 0 aromatic heterocycles. The third-order valence-electron chi connectivity index (χ3n) is 0.958. The molecule has 0 aromatic carbocycles.